The molecule has 16 heavy (non-hydrogen) atoms. The van der Waals surface area contributed by atoms with E-state index in [1.807, 2.05) is 0 Å². The Hall–Kier alpha value is -0.790. The molecule has 1 fully saturated rings. The van der Waals surface area contributed by atoms with E-state index >= 15 is 0 Å². The van der Waals surface area contributed by atoms with Gasteiger partial charge in [-0.25, -0.2) is 0 Å². The van der Waals surface area contributed by atoms with Gasteiger partial charge in [0.1, 0.15) is 0 Å². The van der Waals surface area contributed by atoms with E-state index in [2.05, 4.69) is 25.2 Å². The zero-order valence-electron chi connectivity index (χ0n) is 10.8. The van der Waals surface area contributed by atoms with Crippen LogP contribution in [0.4, 0.5) is 0 Å². The van der Waals surface area contributed by atoms with Gasteiger partial charge in [-0.05, 0) is 43.4 Å². The predicted molar refractivity (Wildman–Crippen MR) is 66.1 cm³/mol. The molecule has 0 radical (unpaired) electrons. The molecule has 1 rings (SSSR count). The normalized spacial score (nSPS) is 24.2. The standard InChI is InChI=1S/C14H24O2/c1-11-7-6-10-14(2,3)12(11)8-5-9-13(15)16-4/h12H,1,5-10H2,2-4H3. The second-order valence-electron chi connectivity index (χ2n) is 5.52. The summed E-state index contributed by atoms with van der Waals surface area (Å²) in [6, 6.07) is 0. The number of hydrogen-bond acceptors (Lipinski definition) is 2. The fraction of sp³-hybridized carbons (Fsp3) is 0.786. The first-order valence-corrected chi connectivity index (χ1v) is 6.22. The van der Waals surface area contributed by atoms with Crippen molar-refractivity contribution in [1.82, 2.24) is 0 Å². The Bertz CT molecular complexity index is 266. The Morgan fingerprint density at radius 1 is 1.56 bits per heavy atom. The fourth-order valence-electron chi connectivity index (χ4n) is 2.82. The third kappa shape index (κ3) is 3.36. The summed E-state index contributed by atoms with van der Waals surface area (Å²) in [5.41, 5.74) is 1.73. The first-order valence-electron chi connectivity index (χ1n) is 6.22. The van der Waals surface area contributed by atoms with Gasteiger partial charge in [0.05, 0.1) is 7.11 Å². The minimum atomic E-state index is -0.0979. The lowest BCUT2D eigenvalue weighted by atomic mass is 9.65. The van der Waals surface area contributed by atoms with Crippen LogP contribution in [0.2, 0.25) is 0 Å². The molecule has 1 aliphatic carbocycles. The summed E-state index contributed by atoms with van der Waals surface area (Å²) in [5.74, 6) is 0.477. The molecular weight excluding hydrogens is 200 g/mol. The average Bonchev–Trinajstić information content (AvgIpc) is 2.21. The average molecular weight is 224 g/mol. The van der Waals surface area contributed by atoms with Crippen LogP contribution >= 0.6 is 0 Å². The van der Waals surface area contributed by atoms with Crippen LogP contribution < -0.4 is 0 Å². The molecule has 0 spiro atoms. The number of carbonyl (C=O) groups is 1. The minimum absolute atomic E-state index is 0.0979. The first kappa shape index (κ1) is 13.3. The zero-order valence-corrected chi connectivity index (χ0v) is 10.8. The lowest BCUT2D eigenvalue weighted by Crippen LogP contribution is -2.29. The highest BCUT2D eigenvalue weighted by Crippen LogP contribution is 2.45. The maximum Gasteiger partial charge on any atom is 0.305 e. The van der Waals surface area contributed by atoms with Gasteiger partial charge < -0.3 is 4.74 Å². The number of hydrogen-bond donors (Lipinski definition) is 0. The molecule has 2 heteroatoms. The molecule has 0 aromatic rings. The molecule has 92 valence electrons. The molecule has 0 bridgehead atoms. The molecule has 0 heterocycles. The van der Waals surface area contributed by atoms with Crippen molar-refractivity contribution < 1.29 is 9.53 Å². The van der Waals surface area contributed by atoms with Gasteiger partial charge in [0.2, 0.25) is 0 Å². The number of esters is 1. The van der Waals surface area contributed by atoms with Gasteiger partial charge in [-0.2, -0.15) is 0 Å². The topological polar surface area (TPSA) is 26.3 Å². The Balaban J connectivity index is 2.44. The lowest BCUT2D eigenvalue weighted by Gasteiger charge is -2.40. The van der Waals surface area contributed by atoms with Crippen molar-refractivity contribution in [3.63, 3.8) is 0 Å². The quantitative estimate of drug-likeness (QED) is 0.537. The predicted octanol–water partition coefficient (Wildman–Crippen LogP) is 3.71. The molecule has 0 aliphatic heterocycles. The molecule has 0 N–H and O–H groups in total. The second-order valence-corrected chi connectivity index (χ2v) is 5.52. The third-order valence-electron chi connectivity index (χ3n) is 3.86. The summed E-state index contributed by atoms with van der Waals surface area (Å²) >= 11 is 0. The number of ether oxygens (including phenoxy) is 1. The molecule has 0 saturated heterocycles. The van der Waals surface area contributed by atoms with E-state index in [4.69, 9.17) is 0 Å². The Kier molecular flexibility index (Phi) is 4.57. The van der Waals surface area contributed by atoms with Gasteiger partial charge in [0, 0.05) is 6.42 Å². The molecule has 2 nitrogen and oxygen atoms in total. The molecule has 1 saturated carbocycles. The van der Waals surface area contributed by atoms with Crippen LogP contribution in [0.1, 0.15) is 52.4 Å². The van der Waals surface area contributed by atoms with Crippen molar-refractivity contribution in [1.29, 1.82) is 0 Å². The highest BCUT2D eigenvalue weighted by molar-refractivity contribution is 5.68. The van der Waals surface area contributed by atoms with Crippen molar-refractivity contribution in [2.24, 2.45) is 11.3 Å². The Morgan fingerprint density at radius 2 is 2.25 bits per heavy atom. The summed E-state index contributed by atoms with van der Waals surface area (Å²) in [6.45, 7) is 8.83. The summed E-state index contributed by atoms with van der Waals surface area (Å²) < 4.78 is 4.66. The maximum atomic E-state index is 11.1. The van der Waals surface area contributed by atoms with Crippen molar-refractivity contribution in [2.45, 2.75) is 52.4 Å². The number of methoxy groups -OCH3 is 1. The lowest BCUT2D eigenvalue weighted by molar-refractivity contribution is -0.140. The summed E-state index contributed by atoms with van der Waals surface area (Å²) in [6.07, 6.45) is 6.22. The molecule has 1 unspecified atom stereocenters. The number of rotatable bonds is 4. The molecule has 1 atom stereocenters. The molecule has 0 aromatic heterocycles. The van der Waals surface area contributed by atoms with Gasteiger partial charge in [0.25, 0.3) is 0 Å². The van der Waals surface area contributed by atoms with Crippen LogP contribution in [0.15, 0.2) is 12.2 Å². The number of allylic oxidation sites excluding steroid dienone is 1. The van der Waals surface area contributed by atoms with Gasteiger partial charge >= 0.3 is 5.97 Å². The fourth-order valence-corrected chi connectivity index (χ4v) is 2.82. The van der Waals surface area contributed by atoms with Crippen LogP contribution in [0.5, 0.6) is 0 Å². The Labute approximate surface area is 99.1 Å². The van der Waals surface area contributed by atoms with E-state index in [1.165, 1.54) is 25.5 Å². The van der Waals surface area contributed by atoms with E-state index in [0.717, 1.165) is 19.3 Å². The summed E-state index contributed by atoms with van der Waals surface area (Å²) in [4.78, 5) is 11.1. The van der Waals surface area contributed by atoms with Crippen LogP contribution in [0.3, 0.4) is 0 Å². The van der Waals surface area contributed by atoms with E-state index in [1.54, 1.807) is 0 Å². The van der Waals surface area contributed by atoms with Gasteiger partial charge in [-0.15, -0.1) is 0 Å². The zero-order chi connectivity index (χ0) is 12.2. The Morgan fingerprint density at radius 3 is 2.81 bits per heavy atom. The largest absolute Gasteiger partial charge is 0.469 e. The molecular formula is C14H24O2. The van der Waals surface area contributed by atoms with E-state index in [-0.39, 0.29) is 5.97 Å². The SMILES string of the molecule is C=C1CCCC(C)(C)C1CCCC(=O)OC. The van der Waals surface area contributed by atoms with Gasteiger partial charge in [0.15, 0.2) is 0 Å². The molecule has 1 aliphatic rings. The van der Waals surface area contributed by atoms with Gasteiger partial charge in [-0.3, -0.25) is 4.79 Å². The van der Waals surface area contributed by atoms with Crippen molar-refractivity contribution in [3.05, 3.63) is 12.2 Å². The monoisotopic (exact) mass is 224 g/mol. The molecule has 0 aromatic carbocycles. The van der Waals surface area contributed by atoms with Crippen LogP contribution in [0, 0.1) is 11.3 Å². The maximum absolute atomic E-state index is 11.1. The summed E-state index contributed by atoms with van der Waals surface area (Å²) in [7, 11) is 1.45. The second kappa shape index (κ2) is 5.51. The van der Waals surface area contributed by atoms with E-state index in [0.29, 0.717) is 17.8 Å². The van der Waals surface area contributed by atoms with E-state index in [9.17, 15) is 4.79 Å². The highest BCUT2D eigenvalue weighted by atomic mass is 16.5. The van der Waals surface area contributed by atoms with Crippen LogP contribution in [-0.4, -0.2) is 13.1 Å². The smallest absolute Gasteiger partial charge is 0.305 e. The van der Waals surface area contributed by atoms with Crippen molar-refractivity contribution in [2.75, 3.05) is 7.11 Å². The number of carbonyl (C=O) groups excluding carboxylic acids is 1. The summed E-state index contributed by atoms with van der Waals surface area (Å²) in [5, 5.41) is 0. The van der Waals surface area contributed by atoms with E-state index < -0.39 is 0 Å². The highest BCUT2D eigenvalue weighted by Gasteiger charge is 2.33. The van der Waals surface area contributed by atoms with Gasteiger partial charge in [-0.1, -0.05) is 26.0 Å². The third-order valence-corrected chi connectivity index (χ3v) is 3.86. The first-order chi connectivity index (χ1) is 7.47. The van der Waals surface area contributed by atoms with Crippen molar-refractivity contribution >= 4 is 5.97 Å². The van der Waals surface area contributed by atoms with Crippen LogP contribution in [-0.2, 0) is 9.53 Å². The minimum Gasteiger partial charge on any atom is -0.469 e. The molecule has 0 amide bonds. The van der Waals surface area contributed by atoms with Crippen LogP contribution in [0.25, 0.3) is 0 Å². The van der Waals surface area contributed by atoms with Crippen molar-refractivity contribution in [3.8, 4) is 0 Å².